The van der Waals surface area contributed by atoms with Crippen LogP contribution < -0.4 is 10.6 Å². The molecule has 7 nitrogen and oxygen atoms in total. The molecule has 0 saturated carbocycles. The zero-order valence-corrected chi connectivity index (χ0v) is 16.5. The lowest BCUT2D eigenvalue weighted by atomic mass is 10.3. The van der Waals surface area contributed by atoms with Crippen molar-refractivity contribution in [3.63, 3.8) is 0 Å². The summed E-state index contributed by atoms with van der Waals surface area (Å²) in [6.07, 6.45) is -0.611. The molecule has 0 aliphatic carbocycles. The predicted molar refractivity (Wildman–Crippen MR) is 101 cm³/mol. The van der Waals surface area contributed by atoms with Gasteiger partial charge in [-0.05, 0) is 19.1 Å². The van der Waals surface area contributed by atoms with Gasteiger partial charge in [0.2, 0.25) is 11.0 Å². The van der Waals surface area contributed by atoms with E-state index in [4.69, 9.17) is 39.5 Å². The van der Waals surface area contributed by atoms with Crippen molar-refractivity contribution >= 4 is 80.7 Å². The van der Waals surface area contributed by atoms with Gasteiger partial charge in [-0.1, -0.05) is 57.9 Å². The van der Waals surface area contributed by atoms with Crippen molar-refractivity contribution < 1.29 is 14.3 Å². The molecule has 0 spiro atoms. The Morgan fingerprint density at radius 2 is 1.88 bits per heavy atom. The van der Waals surface area contributed by atoms with Crippen LogP contribution in [0, 0.1) is 0 Å². The Morgan fingerprint density at radius 1 is 1.20 bits per heavy atom. The monoisotopic (exact) mass is 440 g/mol. The van der Waals surface area contributed by atoms with Crippen molar-refractivity contribution in [1.29, 1.82) is 0 Å². The van der Waals surface area contributed by atoms with Crippen molar-refractivity contribution in [1.82, 2.24) is 10.2 Å². The first-order valence-electron chi connectivity index (χ1n) is 6.73. The number of nitrogens with one attached hydrogen (secondary N) is 2. The van der Waals surface area contributed by atoms with E-state index in [2.05, 4.69) is 20.8 Å². The summed E-state index contributed by atoms with van der Waals surface area (Å²) in [5.41, 5.74) is 0.292. The van der Waals surface area contributed by atoms with Crippen LogP contribution in [0.2, 0.25) is 15.1 Å². The van der Waals surface area contributed by atoms with Crippen LogP contribution in [0.3, 0.4) is 0 Å². The lowest BCUT2D eigenvalue weighted by molar-refractivity contribution is -0.113. The van der Waals surface area contributed by atoms with Crippen LogP contribution in [-0.4, -0.2) is 34.6 Å². The SMILES string of the molecule is CCOC(=O)Nc1nnc(SCC(=O)Nc2c(Cl)cc(Cl)cc2Cl)s1. The molecule has 0 radical (unpaired) electrons. The molecule has 0 aliphatic rings. The molecule has 0 atom stereocenters. The lowest BCUT2D eigenvalue weighted by Crippen LogP contribution is -2.14. The Balaban J connectivity index is 1.88. The van der Waals surface area contributed by atoms with Gasteiger partial charge < -0.3 is 10.1 Å². The van der Waals surface area contributed by atoms with Crippen molar-refractivity contribution in [2.75, 3.05) is 23.0 Å². The second-order valence-corrected chi connectivity index (χ2v) is 7.75. The molecule has 25 heavy (non-hydrogen) atoms. The molecule has 0 fully saturated rings. The topological polar surface area (TPSA) is 93.2 Å². The van der Waals surface area contributed by atoms with Gasteiger partial charge in [-0.2, -0.15) is 0 Å². The van der Waals surface area contributed by atoms with Gasteiger partial charge in [-0.15, -0.1) is 10.2 Å². The highest BCUT2D eigenvalue weighted by Gasteiger charge is 2.14. The van der Waals surface area contributed by atoms with Gasteiger partial charge in [0.25, 0.3) is 0 Å². The summed E-state index contributed by atoms with van der Waals surface area (Å²) in [5.74, 6) is -0.269. The number of carbonyl (C=O) groups excluding carboxylic acids is 2. The van der Waals surface area contributed by atoms with Crippen LogP contribution in [0.25, 0.3) is 0 Å². The summed E-state index contributed by atoms with van der Waals surface area (Å²) in [4.78, 5) is 23.3. The number of aromatic nitrogens is 2. The van der Waals surface area contributed by atoms with Gasteiger partial charge in [0.1, 0.15) is 0 Å². The van der Waals surface area contributed by atoms with Crippen molar-refractivity contribution in [3.8, 4) is 0 Å². The minimum atomic E-state index is -0.611. The number of benzene rings is 1. The fraction of sp³-hybridized carbons (Fsp3) is 0.231. The molecule has 12 heteroatoms. The first-order valence-corrected chi connectivity index (χ1v) is 9.67. The third-order valence-corrected chi connectivity index (χ3v) is 5.28. The number of halogens is 3. The van der Waals surface area contributed by atoms with E-state index in [0.717, 1.165) is 23.1 Å². The van der Waals surface area contributed by atoms with Crippen LogP contribution in [-0.2, 0) is 9.53 Å². The number of nitrogens with zero attached hydrogens (tertiary/aromatic N) is 2. The van der Waals surface area contributed by atoms with E-state index in [-0.39, 0.29) is 33.4 Å². The number of anilines is 2. The maximum atomic E-state index is 12.0. The first kappa shape index (κ1) is 20.1. The number of amides is 2. The fourth-order valence-corrected chi connectivity index (χ4v) is 3.99. The zero-order valence-electron chi connectivity index (χ0n) is 12.6. The summed E-state index contributed by atoms with van der Waals surface area (Å²) in [7, 11) is 0. The van der Waals surface area contributed by atoms with E-state index >= 15 is 0 Å². The van der Waals surface area contributed by atoms with Gasteiger partial charge >= 0.3 is 6.09 Å². The summed E-state index contributed by atoms with van der Waals surface area (Å²) >= 11 is 20.1. The quantitative estimate of drug-likeness (QED) is 0.494. The minimum Gasteiger partial charge on any atom is -0.450 e. The highest BCUT2D eigenvalue weighted by molar-refractivity contribution is 8.01. The molecule has 1 aromatic carbocycles. The Labute approximate surface area is 166 Å². The molecule has 2 aromatic rings. The fourth-order valence-electron chi connectivity index (χ4n) is 1.54. The summed E-state index contributed by atoms with van der Waals surface area (Å²) in [6, 6.07) is 2.96. The molecule has 2 amide bonds. The Kier molecular flexibility index (Phi) is 7.57. The third-order valence-electron chi connectivity index (χ3n) is 2.49. The van der Waals surface area contributed by atoms with E-state index in [9.17, 15) is 9.59 Å². The smallest absolute Gasteiger partial charge is 0.413 e. The molecule has 2 rings (SSSR count). The number of thioether (sulfide) groups is 1. The molecule has 1 aromatic heterocycles. The molecular weight excluding hydrogens is 431 g/mol. The second-order valence-electron chi connectivity index (χ2n) is 4.30. The van der Waals surface area contributed by atoms with E-state index in [1.165, 1.54) is 12.1 Å². The molecule has 134 valence electrons. The van der Waals surface area contributed by atoms with Gasteiger partial charge in [0.15, 0.2) is 4.34 Å². The molecule has 2 N–H and O–H groups in total. The second kappa shape index (κ2) is 9.44. The molecule has 1 heterocycles. The Bertz CT molecular complexity index is 765. The molecule has 0 aliphatic heterocycles. The number of ether oxygens (including phenoxy) is 1. The van der Waals surface area contributed by atoms with Crippen LogP contribution in [0.1, 0.15) is 6.92 Å². The lowest BCUT2D eigenvalue weighted by Gasteiger charge is -2.09. The molecule has 0 bridgehead atoms. The molecular formula is C13H11Cl3N4O3S2. The van der Waals surface area contributed by atoms with Crippen LogP contribution >= 0.6 is 57.9 Å². The van der Waals surface area contributed by atoms with Crippen molar-refractivity contribution in [2.45, 2.75) is 11.3 Å². The normalized spacial score (nSPS) is 10.4. The molecule has 0 unspecified atom stereocenters. The maximum absolute atomic E-state index is 12.0. The highest BCUT2D eigenvalue weighted by Crippen LogP contribution is 2.34. The molecule has 0 saturated heterocycles. The van der Waals surface area contributed by atoms with Crippen LogP contribution in [0.15, 0.2) is 16.5 Å². The summed E-state index contributed by atoms with van der Waals surface area (Å²) in [6.45, 7) is 1.95. The highest BCUT2D eigenvalue weighted by atomic mass is 35.5. The average Bonchev–Trinajstić information content (AvgIpc) is 2.96. The standard InChI is InChI=1S/C13H11Cl3N4O3S2/c1-2-23-12(22)18-11-19-20-13(25-11)24-5-9(21)17-10-7(15)3-6(14)4-8(10)16/h3-4H,2,5H2,1H3,(H,17,21)(H,18,19,22). The van der Waals surface area contributed by atoms with Crippen molar-refractivity contribution in [3.05, 3.63) is 27.2 Å². The predicted octanol–water partition coefficient (Wildman–Crippen LogP) is 4.80. The van der Waals surface area contributed by atoms with Gasteiger partial charge in [-0.25, -0.2) is 4.79 Å². The van der Waals surface area contributed by atoms with Gasteiger partial charge in [-0.3, -0.25) is 10.1 Å². The van der Waals surface area contributed by atoms with Crippen molar-refractivity contribution in [2.24, 2.45) is 0 Å². The van der Waals surface area contributed by atoms with E-state index in [1.807, 2.05) is 0 Å². The van der Waals surface area contributed by atoms with Crippen LogP contribution in [0.5, 0.6) is 0 Å². The first-order chi connectivity index (χ1) is 11.9. The number of carbonyl (C=O) groups is 2. The number of hydrogen-bond donors (Lipinski definition) is 2. The number of hydrogen-bond acceptors (Lipinski definition) is 7. The third kappa shape index (κ3) is 6.19. The largest absolute Gasteiger partial charge is 0.450 e. The number of rotatable bonds is 6. The maximum Gasteiger partial charge on any atom is 0.413 e. The summed E-state index contributed by atoms with van der Waals surface area (Å²) in [5, 5.41) is 13.8. The zero-order chi connectivity index (χ0) is 18.4. The van der Waals surface area contributed by atoms with Gasteiger partial charge in [0, 0.05) is 5.02 Å². The van der Waals surface area contributed by atoms with E-state index in [0.29, 0.717) is 15.0 Å². The summed E-state index contributed by atoms with van der Waals surface area (Å²) < 4.78 is 5.24. The Hall–Kier alpha value is -1.26. The average molecular weight is 442 g/mol. The van der Waals surface area contributed by atoms with E-state index < -0.39 is 6.09 Å². The Morgan fingerprint density at radius 3 is 2.52 bits per heavy atom. The minimum absolute atomic E-state index is 0.0589. The van der Waals surface area contributed by atoms with E-state index in [1.54, 1.807) is 6.92 Å². The van der Waals surface area contributed by atoms with Crippen LogP contribution in [0.4, 0.5) is 15.6 Å². The van der Waals surface area contributed by atoms with Gasteiger partial charge in [0.05, 0.1) is 28.1 Å².